The summed E-state index contributed by atoms with van der Waals surface area (Å²) in [5.74, 6) is 0.490. The summed E-state index contributed by atoms with van der Waals surface area (Å²) in [5, 5.41) is 3.38. The summed E-state index contributed by atoms with van der Waals surface area (Å²) in [6.07, 6.45) is 1.09. The van der Waals surface area contributed by atoms with E-state index >= 15 is 0 Å². The van der Waals surface area contributed by atoms with E-state index in [0.717, 1.165) is 18.5 Å². The van der Waals surface area contributed by atoms with Gasteiger partial charge in [-0.05, 0) is 37.4 Å². The van der Waals surface area contributed by atoms with E-state index in [0.29, 0.717) is 29.9 Å². The summed E-state index contributed by atoms with van der Waals surface area (Å²) >= 11 is 0. The maximum Gasteiger partial charge on any atom is 0.243 e. The third kappa shape index (κ3) is 1.86. The van der Waals surface area contributed by atoms with Crippen LogP contribution in [0.1, 0.15) is 12.0 Å². The monoisotopic (exact) mass is 266 g/mol. The second kappa shape index (κ2) is 4.33. The minimum absolute atomic E-state index is 0.351. The Bertz CT molecular complexity index is 544. The van der Waals surface area contributed by atoms with E-state index in [4.69, 9.17) is 0 Å². The Labute approximate surface area is 108 Å². The predicted molar refractivity (Wildman–Crippen MR) is 69.8 cm³/mol. The molecule has 2 aliphatic rings. The molecule has 0 spiro atoms. The van der Waals surface area contributed by atoms with Gasteiger partial charge in [-0.15, -0.1) is 0 Å². The lowest BCUT2D eigenvalue weighted by Crippen LogP contribution is -2.34. The van der Waals surface area contributed by atoms with Gasteiger partial charge in [-0.1, -0.05) is 18.2 Å². The molecule has 2 saturated heterocycles. The first kappa shape index (κ1) is 12.1. The summed E-state index contributed by atoms with van der Waals surface area (Å²) < 4.78 is 26.8. The number of nitrogens with zero attached hydrogens (tertiary/aromatic N) is 1. The van der Waals surface area contributed by atoms with Gasteiger partial charge in [-0.25, -0.2) is 8.42 Å². The summed E-state index contributed by atoms with van der Waals surface area (Å²) in [4.78, 5) is 0.449. The molecule has 98 valence electrons. The predicted octanol–water partition coefficient (Wildman–Crippen LogP) is 0.977. The van der Waals surface area contributed by atoms with Gasteiger partial charge in [0.05, 0.1) is 4.90 Å². The van der Waals surface area contributed by atoms with E-state index in [1.165, 1.54) is 0 Å². The van der Waals surface area contributed by atoms with Crippen molar-refractivity contribution in [3.8, 4) is 0 Å². The molecule has 1 aromatic carbocycles. The van der Waals surface area contributed by atoms with Crippen molar-refractivity contribution >= 4 is 10.0 Å². The molecule has 0 radical (unpaired) electrons. The number of hydrogen-bond acceptors (Lipinski definition) is 3. The van der Waals surface area contributed by atoms with Crippen LogP contribution in [0.15, 0.2) is 29.2 Å². The summed E-state index contributed by atoms with van der Waals surface area (Å²) in [6, 6.07) is 7.56. The first-order valence-corrected chi connectivity index (χ1v) is 7.82. The average molecular weight is 266 g/mol. The Hall–Kier alpha value is -0.910. The lowest BCUT2D eigenvalue weighted by molar-refractivity contribution is 0.448. The number of sulfonamides is 1. The van der Waals surface area contributed by atoms with Crippen molar-refractivity contribution in [2.45, 2.75) is 24.3 Å². The first-order chi connectivity index (χ1) is 8.59. The fourth-order valence-electron chi connectivity index (χ4n) is 2.99. The van der Waals surface area contributed by atoms with Crippen molar-refractivity contribution in [3.05, 3.63) is 29.8 Å². The number of aryl methyl sites for hydroxylation is 1. The van der Waals surface area contributed by atoms with Gasteiger partial charge < -0.3 is 5.32 Å². The molecule has 0 unspecified atom stereocenters. The molecule has 5 heteroatoms. The molecule has 1 N–H and O–H groups in total. The summed E-state index contributed by atoms with van der Waals surface area (Å²) in [7, 11) is -3.32. The minimum Gasteiger partial charge on any atom is -0.312 e. The molecule has 0 aromatic heterocycles. The third-order valence-corrected chi connectivity index (χ3v) is 6.03. The number of rotatable bonds is 2. The number of hydrogen-bond donors (Lipinski definition) is 1. The van der Waals surface area contributed by atoms with Crippen LogP contribution in [0.5, 0.6) is 0 Å². The number of benzene rings is 1. The molecule has 0 aliphatic carbocycles. The van der Waals surface area contributed by atoms with Crippen LogP contribution in [0.4, 0.5) is 0 Å². The highest BCUT2D eigenvalue weighted by molar-refractivity contribution is 7.89. The zero-order valence-electron chi connectivity index (χ0n) is 10.5. The van der Waals surface area contributed by atoms with E-state index in [1.807, 2.05) is 19.1 Å². The quantitative estimate of drug-likeness (QED) is 0.868. The Morgan fingerprint density at radius 3 is 2.78 bits per heavy atom. The van der Waals surface area contributed by atoms with Gasteiger partial charge in [0, 0.05) is 19.1 Å². The Morgan fingerprint density at radius 2 is 2.06 bits per heavy atom. The molecule has 2 aliphatic heterocycles. The van der Waals surface area contributed by atoms with Crippen molar-refractivity contribution in [1.29, 1.82) is 0 Å². The van der Waals surface area contributed by atoms with Crippen LogP contribution < -0.4 is 5.32 Å². The van der Waals surface area contributed by atoms with Crippen LogP contribution in [0.25, 0.3) is 0 Å². The smallest absolute Gasteiger partial charge is 0.243 e. The lowest BCUT2D eigenvalue weighted by atomic mass is 10.1. The Balaban J connectivity index is 1.90. The van der Waals surface area contributed by atoms with Crippen molar-refractivity contribution in [1.82, 2.24) is 9.62 Å². The fraction of sp³-hybridized carbons (Fsp3) is 0.538. The summed E-state index contributed by atoms with van der Waals surface area (Å²) in [5.41, 5.74) is 0.822. The van der Waals surface area contributed by atoms with E-state index in [1.54, 1.807) is 16.4 Å². The molecule has 4 nitrogen and oxygen atoms in total. The standard InChI is InChI=1S/C13H18N2O2S/c1-10-4-2-3-5-13(10)18(16,17)15-8-11-6-7-14-12(11)9-15/h2-5,11-12,14H,6-9H2,1H3/t11-,12+/m0/s1. The normalized spacial score (nSPS) is 28.5. The summed E-state index contributed by atoms with van der Waals surface area (Å²) in [6.45, 7) is 4.14. The van der Waals surface area contributed by atoms with Gasteiger partial charge in [-0.3, -0.25) is 0 Å². The molecule has 1 aromatic rings. The highest BCUT2D eigenvalue weighted by Gasteiger charge is 2.41. The van der Waals surface area contributed by atoms with Crippen LogP contribution in [-0.4, -0.2) is 38.4 Å². The second-order valence-corrected chi connectivity index (χ2v) is 7.10. The lowest BCUT2D eigenvalue weighted by Gasteiger charge is -2.18. The van der Waals surface area contributed by atoms with Crippen LogP contribution >= 0.6 is 0 Å². The highest BCUT2D eigenvalue weighted by atomic mass is 32.2. The fourth-order valence-corrected chi connectivity index (χ4v) is 4.74. The minimum atomic E-state index is -3.32. The van der Waals surface area contributed by atoms with Crippen molar-refractivity contribution in [3.63, 3.8) is 0 Å². The molecule has 18 heavy (non-hydrogen) atoms. The van der Waals surface area contributed by atoms with Gasteiger partial charge in [0.25, 0.3) is 0 Å². The molecule has 3 rings (SSSR count). The van der Waals surface area contributed by atoms with Crippen molar-refractivity contribution in [2.24, 2.45) is 5.92 Å². The SMILES string of the molecule is Cc1ccccc1S(=O)(=O)N1C[C@@H]2CCN[C@@H]2C1. The average Bonchev–Trinajstić information content (AvgIpc) is 2.89. The Kier molecular flexibility index (Phi) is 2.92. The maximum atomic E-state index is 12.6. The van der Waals surface area contributed by atoms with Crippen LogP contribution in [0.2, 0.25) is 0 Å². The van der Waals surface area contributed by atoms with E-state index < -0.39 is 10.0 Å². The third-order valence-electron chi connectivity index (χ3n) is 4.04. The zero-order chi connectivity index (χ0) is 12.8. The van der Waals surface area contributed by atoms with Gasteiger partial charge in [0.2, 0.25) is 10.0 Å². The van der Waals surface area contributed by atoms with Gasteiger partial charge in [0.15, 0.2) is 0 Å². The van der Waals surface area contributed by atoms with Crippen LogP contribution in [0, 0.1) is 12.8 Å². The van der Waals surface area contributed by atoms with Gasteiger partial charge in [-0.2, -0.15) is 4.31 Å². The van der Waals surface area contributed by atoms with E-state index in [2.05, 4.69) is 5.32 Å². The zero-order valence-corrected chi connectivity index (χ0v) is 11.3. The molecule has 0 bridgehead atoms. The highest BCUT2D eigenvalue weighted by Crippen LogP contribution is 2.30. The molecule has 0 amide bonds. The number of fused-ring (bicyclic) bond motifs is 1. The maximum absolute atomic E-state index is 12.6. The van der Waals surface area contributed by atoms with Crippen LogP contribution in [0.3, 0.4) is 0 Å². The molecular formula is C13H18N2O2S. The van der Waals surface area contributed by atoms with E-state index in [9.17, 15) is 8.42 Å². The first-order valence-electron chi connectivity index (χ1n) is 6.38. The van der Waals surface area contributed by atoms with Crippen molar-refractivity contribution < 1.29 is 8.42 Å². The molecular weight excluding hydrogens is 248 g/mol. The topological polar surface area (TPSA) is 49.4 Å². The van der Waals surface area contributed by atoms with Gasteiger partial charge in [0.1, 0.15) is 0 Å². The molecule has 2 heterocycles. The largest absolute Gasteiger partial charge is 0.312 e. The van der Waals surface area contributed by atoms with Crippen LogP contribution in [-0.2, 0) is 10.0 Å². The van der Waals surface area contributed by atoms with Gasteiger partial charge >= 0.3 is 0 Å². The Morgan fingerprint density at radius 1 is 1.28 bits per heavy atom. The molecule has 0 saturated carbocycles. The van der Waals surface area contributed by atoms with E-state index in [-0.39, 0.29) is 0 Å². The molecule has 2 atom stereocenters. The molecule has 2 fully saturated rings. The van der Waals surface area contributed by atoms with Crippen molar-refractivity contribution in [2.75, 3.05) is 19.6 Å². The number of nitrogens with one attached hydrogen (secondary N) is 1. The second-order valence-electron chi connectivity index (χ2n) is 5.20.